The highest BCUT2D eigenvalue weighted by Gasteiger charge is 2.53. The van der Waals surface area contributed by atoms with Crippen LogP contribution in [-0.4, -0.2) is 35.5 Å². The lowest BCUT2D eigenvalue weighted by molar-refractivity contribution is -0.129. The predicted octanol–water partition coefficient (Wildman–Crippen LogP) is 4.47. The number of hydrogen-bond donors (Lipinski definition) is 0. The Labute approximate surface area is 152 Å². The topological polar surface area (TPSA) is 23.6 Å². The number of carbonyl (C=O) groups is 1. The van der Waals surface area contributed by atoms with E-state index in [1.165, 1.54) is 25.7 Å². The monoisotopic (exact) mass is 340 g/mol. The minimum absolute atomic E-state index is 0.101. The molecule has 1 aromatic rings. The smallest absolute Gasteiger partial charge is 0.229 e. The highest BCUT2D eigenvalue weighted by molar-refractivity contribution is 6.02. The van der Waals surface area contributed by atoms with Crippen LogP contribution in [0.5, 0.6) is 0 Å². The Balaban J connectivity index is 1.36. The van der Waals surface area contributed by atoms with E-state index in [0.717, 1.165) is 55.9 Å². The zero-order chi connectivity index (χ0) is 17.4. The molecule has 4 rings (SSSR count). The van der Waals surface area contributed by atoms with Crippen LogP contribution in [0.2, 0.25) is 0 Å². The SMILES string of the molecule is CC(C)[C@H]1CC[C@H](N2CCC3(CC2)CC(=O)N3c2ccccc2)CC1. The molecule has 0 atom stereocenters. The minimum Gasteiger partial charge on any atom is -0.306 e. The van der Waals surface area contributed by atoms with Crippen molar-refractivity contribution in [2.24, 2.45) is 11.8 Å². The van der Waals surface area contributed by atoms with Gasteiger partial charge in [0.1, 0.15) is 0 Å². The summed E-state index contributed by atoms with van der Waals surface area (Å²) >= 11 is 0. The van der Waals surface area contributed by atoms with Gasteiger partial charge >= 0.3 is 0 Å². The second-order valence-corrected chi connectivity index (χ2v) is 8.81. The Bertz CT molecular complexity index is 596. The Hall–Kier alpha value is -1.35. The van der Waals surface area contributed by atoms with E-state index in [1.54, 1.807) is 0 Å². The van der Waals surface area contributed by atoms with Gasteiger partial charge in [-0.25, -0.2) is 0 Å². The maximum absolute atomic E-state index is 12.3. The van der Waals surface area contributed by atoms with E-state index in [-0.39, 0.29) is 5.54 Å². The van der Waals surface area contributed by atoms with E-state index in [1.807, 2.05) is 18.2 Å². The maximum Gasteiger partial charge on any atom is 0.229 e. The molecular weight excluding hydrogens is 308 g/mol. The largest absolute Gasteiger partial charge is 0.306 e. The van der Waals surface area contributed by atoms with Crippen LogP contribution in [0.3, 0.4) is 0 Å². The fourth-order valence-electron chi connectivity index (χ4n) is 5.45. The van der Waals surface area contributed by atoms with Crippen molar-refractivity contribution in [1.82, 2.24) is 4.90 Å². The molecule has 3 nitrogen and oxygen atoms in total. The summed E-state index contributed by atoms with van der Waals surface area (Å²) in [4.78, 5) is 17.1. The van der Waals surface area contributed by atoms with Crippen LogP contribution in [0.1, 0.15) is 58.8 Å². The van der Waals surface area contributed by atoms with Crippen molar-refractivity contribution in [3.8, 4) is 0 Å². The Morgan fingerprint density at radius 3 is 2.20 bits per heavy atom. The Morgan fingerprint density at radius 2 is 1.64 bits per heavy atom. The second kappa shape index (κ2) is 6.75. The Morgan fingerprint density at radius 1 is 1.00 bits per heavy atom. The molecule has 1 aliphatic carbocycles. The average molecular weight is 341 g/mol. The highest BCUT2D eigenvalue weighted by Crippen LogP contribution is 2.45. The van der Waals surface area contributed by atoms with Crippen LogP contribution >= 0.6 is 0 Å². The third kappa shape index (κ3) is 3.12. The molecule has 0 aromatic heterocycles. The number of benzene rings is 1. The molecule has 2 saturated heterocycles. The lowest BCUT2D eigenvalue weighted by Gasteiger charge is -2.56. The van der Waals surface area contributed by atoms with E-state index >= 15 is 0 Å². The molecule has 0 N–H and O–H groups in total. The van der Waals surface area contributed by atoms with Gasteiger partial charge in [-0.15, -0.1) is 0 Å². The number of piperidine rings is 1. The molecule has 25 heavy (non-hydrogen) atoms. The first-order valence-corrected chi connectivity index (χ1v) is 10.2. The van der Waals surface area contributed by atoms with Gasteiger partial charge in [-0.2, -0.15) is 0 Å². The van der Waals surface area contributed by atoms with Crippen molar-refractivity contribution in [3.63, 3.8) is 0 Å². The molecule has 2 aliphatic heterocycles. The number of para-hydroxylation sites is 1. The predicted molar refractivity (Wildman–Crippen MR) is 103 cm³/mol. The van der Waals surface area contributed by atoms with Crippen LogP contribution in [-0.2, 0) is 4.79 Å². The van der Waals surface area contributed by atoms with Crippen molar-refractivity contribution in [2.75, 3.05) is 18.0 Å². The standard InChI is InChI=1S/C22H32N2O/c1-17(2)18-8-10-19(11-9-18)23-14-12-22(13-15-23)16-21(25)24(22)20-6-4-3-5-7-20/h3-7,17-19H,8-16H2,1-2H3/t18-,19-. The average Bonchev–Trinajstić information content (AvgIpc) is 2.63. The zero-order valence-corrected chi connectivity index (χ0v) is 15.8. The summed E-state index contributed by atoms with van der Waals surface area (Å²) in [5, 5.41) is 0. The van der Waals surface area contributed by atoms with Gasteiger partial charge in [-0.1, -0.05) is 32.0 Å². The number of amides is 1. The molecule has 0 unspecified atom stereocenters. The first-order valence-electron chi connectivity index (χ1n) is 10.2. The number of rotatable bonds is 3. The van der Waals surface area contributed by atoms with E-state index < -0.39 is 0 Å². The summed E-state index contributed by atoms with van der Waals surface area (Å²) in [5.74, 6) is 2.08. The van der Waals surface area contributed by atoms with Crippen molar-refractivity contribution >= 4 is 11.6 Å². The minimum atomic E-state index is 0.101. The maximum atomic E-state index is 12.3. The van der Waals surface area contributed by atoms with Gasteiger partial charge in [-0.3, -0.25) is 4.79 Å². The molecule has 136 valence electrons. The summed E-state index contributed by atoms with van der Waals surface area (Å²) in [6.07, 6.45) is 8.57. The molecule has 1 amide bonds. The first-order chi connectivity index (χ1) is 12.1. The van der Waals surface area contributed by atoms with Crippen molar-refractivity contribution < 1.29 is 4.79 Å². The number of nitrogens with zero attached hydrogens (tertiary/aromatic N) is 2. The fourth-order valence-corrected chi connectivity index (χ4v) is 5.45. The number of carbonyl (C=O) groups excluding carboxylic acids is 1. The van der Waals surface area contributed by atoms with Crippen LogP contribution in [0.15, 0.2) is 30.3 Å². The Kier molecular flexibility index (Phi) is 4.61. The van der Waals surface area contributed by atoms with Gasteiger partial charge in [0.2, 0.25) is 5.91 Å². The summed E-state index contributed by atoms with van der Waals surface area (Å²) in [7, 11) is 0. The van der Waals surface area contributed by atoms with Crippen LogP contribution in [0.4, 0.5) is 5.69 Å². The zero-order valence-electron chi connectivity index (χ0n) is 15.8. The van der Waals surface area contributed by atoms with Gasteiger partial charge in [0.15, 0.2) is 0 Å². The molecule has 0 radical (unpaired) electrons. The summed E-state index contributed by atoms with van der Waals surface area (Å²) < 4.78 is 0. The molecule has 3 heteroatoms. The normalized spacial score (nSPS) is 29.9. The van der Waals surface area contributed by atoms with Crippen molar-refractivity contribution in [2.45, 2.75) is 70.4 Å². The molecule has 0 bridgehead atoms. The second-order valence-electron chi connectivity index (χ2n) is 8.81. The van der Waals surface area contributed by atoms with Crippen molar-refractivity contribution in [3.05, 3.63) is 30.3 Å². The molecule has 1 aromatic carbocycles. The third-order valence-electron chi connectivity index (χ3n) is 7.15. The van der Waals surface area contributed by atoms with Crippen LogP contribution < -0.4 is 4.90 Å². The number of likely N-dealkylation sites (tertiary alicyclic amines) is 1. The lowest BCUT2D eigenvalue weighted by Crippen LogP contribution is -2.68. The molecule has 1 saturated carbocycles. The van der Waals surface area contributed by atoms with E-state index in [2.05, 4.69) is 35.8 Å². The van der Waals surface area contributed by atoms with E-state index in [4.69, 9.17) is 0 Å². The van der Waals surface area contributed by atoms with Crippen LogP contribution in [0, 0.1) is 11.8 Å². The molecule has 3 aliphatic rings. The van der Waals surface area contributed by atoms with Crippen molar-refractivity contribution in [1.29, 1.82) is 0 Å². The molecule has 3 fully saturated rings. The summed E-state index contributed by atoms with van der Waals surface area (Å²) in [5.41, 5.74) is 1.19. The number of hydrogen-bond acceptors (Lipinski definition) is 2. The number of β-lactam (4-membered cyclic amide) rings is 1. The first kappa shape index (κ1) is 17.1. The third-order valence-corrected chi connectivity index (χ3v) is 7.15. The summed E-state index contributed by atoms with van der Waals surface area (Å²) in [6.45, 7) is 7.07. The number of anilines is 1. The molecular formula is C22H32N2O. The van der Waals surface area contributed by atoms with Gasteiger partial charge in [0.05, 0.1) is 12.0 Å². The van der Waals surface area contributed by atoms with Gasteiger partial charge in [0.25, 0.3) is 0 Å². The van der Waals surface area contributed by atoms with E-state index in [0.29, 0.717) is 5.91 Å². The fraction of sp³-hybridized carbons (Fsp3) is 0.682. The van der Waals surface area contributed by atoms with E-state index in [9.17, 15) is 4.79 Å². The van der Waals surface area contributed by atoms with Gasteiger partial charge < -0.3 is 9.80 Å². The molecule has 1 spiro atoms. The van der Waals surface area contributed by atoms with Gasteiger partial charge in [0, 0.05) is 24.8 Å². The van der Waals surface area contributed by atoms with Crippen LogP contribution in [0.25, 0.3) is 0 Å². The lowest BCUT2D eigenvalue weighted by atomic mass is 9.74. The highest BCUT2D eigenvalue weighted by atomic mass is 16.2. The summed E-state index contributed by atoms with van der Waals surface area (Å²) in [6, 6.07) is 11.1. The molecule has 2 heterocycles. The quantitative estimate of drug-likeness (QED) is 0.758. The van der Waals surface area contributed by atoms with Gasteiger partial charge in [-0.05, 0) is 62.5 Å².